The summed E-state index contributed by atoms with van der Waals surface area (Å²) < 4.78 is 25.7. The van der Waals surface area contributed by atoms with E-state index in [-0.39, 0.29) is 51.9 Å². The van der Waals surface area contributed by atoms with E-state index >= 15 is 0 Å². The van der Waals surface area contributed by atoms with Crippen LogP contribution < -0.4 is 5.32 Å². The van der Waals surface area contributed by atoms with E-state index in [0.717, 1.165) is 6.42 Å². The molecule has 0 amide bonds. The third-order valence-corrected chi connectivity index (χ3v) is 3.24. The summed E-state index contributed by atoms with van der Waals surface area (Å²) in [5.41, 5.74) is 0. The van der Waals surface area contributed by atoms with Gasteiger partial charge in [0.25, 0.3) is 6.47 Å². The van der Waals surface area contributed by atoms with E-state index in [4.69, 9.17) is 29.2 Å². The smallest absolute Gasteiger partial charge is 0.305 e. The highest BCUT2D eigenvalue weighted by Crippen LogP contribution is 1.94. The number of aliphatic carboxylic acids is 2. The summed E-state index contributed by atoms with van der Waals surface area (Å²) >= 11 is 0. The summed E-state index contributed by atoms with van der Waals surface area (Å²) in [6.45, 7) is 3.63. The molecular weight excluding hydrogens is 378 g/mol. The Labute approximate surface area is 164 Å². The summed E-state index contributed by atoms with van der Waals surface area (Å²) in [5.74, 6) is -1.86. The van der Waals surface area contributed by atoms with E-state index in [1.165, 1.54) is 0 Å². The Morgan fingerprint density at radius 3 is 1.86 bits per heavy atom. The highest BCUT2D eigenvalue weighted by atomic mass is 16.6. The lowest BCUT2D eigenvalue weighted by Crippen LogP contribution is -2.39. The summed E-state index contributed by atoms with van der Waals surface area (Å²) in [6.07, 6.45) is 0.572. The van der Waals surface area contributed by atoms with Crippen LogP contribution in [0.25, 0.3) is 0 Å². The molecule has 0 fully saturated rings. The van der Waals surface area contributed by atoms with Gasteiger partial charge in [0.05, 0.1) is 65.1 Å². The Hall–Kier alpha value is -1.79. The van der Waals surface area contributed by atoms with Gasteiger partial charge in [-0.15, -0.1) is 0 Å². The molecule has 0 aliphatic carbocycles. The van der Waals surface area contributed by atoms with Crippen molar-refractivity contribution in [2.24, 2.45) is 0 Å². The zero-order valence-corrected chi connectivity index (χ0v) is 16.0. The Balaban J connectivity index is 3.75. The van der Waals surface area contributed by atoms with Gasteiger partial charge in [0.2, 0.25) is 0 Å². The van der Waals surface area contributed by atoms with Crippen molar-refractivity contribution in [3.8, 4) is 0 Å². The number of hydrogen-bond acceptors (Lipinski definition) is 9. The van der Waals surface area contributed by atoms with E-state index < -0.39 is 11.9 Å². The number of carboxylic acid groups (broad SMARTS) is 2. The minimum atomic E-state index is -0.931. The zero-order chi connectivity index (χ0) is 20.9. The van der Waals surface area contributed by atoms with Crippen LogP contribution in [0.3, 0.4) is 0 Å². The van der Waals surface area contributed by atoms with Crippen LogP contribution in [-0.4, -0.2) is 101 Å². The predicted molar refractivity (Wildman–Crippen MR) is 96.2 cm³/mol. The van der Waals surface area contributed by atoms with Crippen LogP contribution in [0.15, 0.2) is 0 Å². The predicted octanol–water partition coefficient (Wildman–Crippen LogP) is -0.476. The molecule has 0 atom stereocenters. The Morgan fingerprint density at radius 1 is 0.786 bits per heavy atom. The number of carbonyl (C=O) groups is 3. The molecule has 28 heavy (non-hydrogen) atoms. The molecule has 0 spiro atoms. The van der Waals surface area contributed by atoms with Crippen molar-refractivity contribution in [1.29, 1.82) is 0 Å². The molecule has 11 nitrogen and oxygen atoms in total. The number of nitrogens with one attached hydrogen (secondary N) is 1. The maximum absolute atomic E-state index is 10.5. The van der Waals surface area contributed by atoms with Crippen LogP contribution in [-0.2, 0) is 38.1 Å². The van der Waals surface area contributed by atoms with E-state index in [1.807, 2.05) is 0 Å². The first kappa shape index (κ1) is 26.2. The minimum absolute atomic E-state index is 0.0796. The SMILES string of the molecule is O=COCCOCCOCCCNC(COCCC(=O)O)COCCC(=O)O. The topological polar surface area (TPSA) is 150 Å². The number of ether oxygens (including phenoxy) is 5. The van der Waals surface area contributed by atoms with Gasteiger partial charge in [-0.2, -0.15) is 0 Å². The normalized spacial score (nSPS) is 10.9. The maximum atomic E-state index is 10.5. The van der Waals surface area contributed by atoms with Crippen LogP contribution in [0, 0.1) is 0 Å². The molecule has 0 unspecified atom stereocenters. The molecule has 0 rings (SSSR count). The molecule has 0 aromatic rings. The zero-order valence-electron chi connectivity index (χ0n) is 16.0. The molecule has 0 aromatic carbocycles. The second kappa shape index (κ2) is 20.0. The first-order chi connectivity index (χ1) is 13.6. The van der Waals surface area contributed by atoms with Gasteiger partial charge in [0.15, 0.2) is 0 Å². The molecule has 0 aliphatic rings. The molecule has 0 saturated carbocycles. The standard InChI is InChI=1S/C17H31NO10/c19-14-28-11-10-25-9-8-24-5-1-4-18-15(12-26-6-2-16(20)21)13-27-7-3-17(22)23/h14-15,18H,1-13H2,(H,20,21)(H,22,23). The second-order valence-corrected chi connectivity index (χ2v) is 5.63. The molecule has 3 N–H and O–H groups in total. The van der Waals surface area contributed by atoms with E-state index in [2.05, 4.69) is 10.1 Å². The lowest BCUT2D eigenvalue weighted by molar-refractivity contribution is -0.139. The number of hydrogen-bond donors (Lipinski definition) is 3. The van der Waals surface area contributed by atoms with Crippen molar-refractivity contribution >= 4 is 18.4 Å². The third kappa shape index (κ3) is 20.5. The largest absolute Gasteiger partial charge is 0.481 e. The first-order valence-electron chi connectivity index (χ1n) is 9.09. The highest BCUT2D eigenvalue weighted by Gasteiger charge is 2.10. The fourth-order valence-electron chi connectivity index (χ4n) is 1.89. The van der Waals surface area contributed by atoms with Gasteiger partial charge < -0.3 is 39.2 Å². The van der Waals surface area contributed by atoms with E-state index in [9.17, 15) is 14.4 Å². The van der Waals surface area contributed by atoms with Gasteiger partial charge in [-0.3, -0.25) is 14.4 Å². The average molecular weight is 409 g/mol. The minimum Gasteiger partial charge on any atom is -0.481 e. The number of carbonyl (C=O) groups excluding carboxylic acids is 1. The Morgan fingerprint density at radius 2 is 1.32 bits per heavy atom. The summed E-state index contributed by atoms with van der Waals surface area (Å²) in [5, 5.41) is 20.4. The van der Waals surface area contributed by atoms with Gasteiger partial charge in [0.1, 0.15) is 6.61 Å². The Kier molecular flexibility index (Phi) is 18.7. The fraction of sp³-hybridized carbons (Fsp3) is 0.824. The molecule has 0 radical (unpaired) electrons. The van der Waals surface area contributed by atoms with Gasteiger partial charge in [-0.25, -0.2) is 0 Å². The highest BCUT2D eigenvalue weighted by molar-refractivity contribution is 5.67. The molecule has 11 heteroatoms. The lowest BCUT2D eigenvalue weighted by atomic mass is 10.3. The molecule has 0 saturated heterocycles. The monoisotopic (exact) mass is 409 g/mol. The van der Waals surface area contributed by atoms with Crippen molar-refractivity contribution in [1.82, 2.24) is 5.32 Å². The number of rotatable bonds is 22. The summed E-state index contributed by atoms with van der Waals surface area (Å²) in [4.78, 5) is 30.9. The Bertz CT molecular complexity index is 385. The van der Waals surface area contributed by atoms with E-state index in [1.54, 1.807) is 0 Å². The van der Waals surface area contributed by atoms with Crippen LogP contribution in [0.1, 0.15) is 19.3 Å². The van der Waals surface area contributed by atoms with Crippen LogP contribution >= 0.6 is 0 Å². The van der Waals surface area contributed by atoms with E-state index in [0.29, 0.717) is 39.4 Å². The molecular formula is C17H31NO10. The molecule has 0 bridgehead atoms. The quantitative estimate of drug-likeness (QED) is 0.157. The van der Waals surface area contributed by atoms with Crippen LogP contribution in [0.2, 0.25) is 0 Å². The van der Waals surface area contributed by atoms with Gasteiger partial charge in [-0.05, 0) is 13.0 Å². The van der Waals surface area contributed by atoms with Crippen LogP contribution in [0.5, 0.6) is 0 Å². The average Bonchev–Trinajstić information content (AvgIpc) is 2.65. The summed E-state index contributed by atoms with van der Waals surface area (Å²) in [7, 11) is 0. The van der Waals surface area contributed by atoms with Gasteiger partial charge in [-0.1, -0.05) is 0 Å². The van der Waals surface area contributed by atoms with Crippen molar-refractivity contribution in [2.45, 2.75) is 25.3 Å². The molecule has 0 heterocycles. The molecule has 0 aromatic heterocycles. The number of carboxylic acids is 2. The summed E-state index contributed by atoms with van der Waals surface area (Å²) in [6, 6.07) is -0.177. The van der Waals surface area contributed by atoms with Gasteiger partial charge >= 0.3 is 11.9 Å². The fourth-order valence-corrected chi connectivity index (χ4v) is 1.89. The van der Waals surface area contributed by atoms with Crippen molar-refractivity contribution in [3.63, 3.8) is 0 Å². The molecule has 0 aliphatic heterocycles. The van der Waals surface area contributed by atoms with Crippen molar-refractivity contribution < 1.29 is 48.3 Å². The maximum Gasteiger partial charge on any atom is 0.305 e. The van der Waals surface area contributed by atoms with Gasteiger partial charge in [0, 0.05) is 6.61 Å². The van der Waals surface area contributed by atoms with Crippen molar-refractivity contribution in [3.05, 3.63) is 0 Å². The molecule has 164 valence electrons. The van der Waals surface area contributed by atoms with Crippen molar-refractivity contribution in [2.75, 3.05) is 66.0 Å². The van der Waals surface area contributed by atoms with Crippen LogP contribution in [0.4, 0.5) is 0 Å². The lowest BCUT2D eigenvalue weighted by Gasteiger charge is -2.19. The second-order valence-electron chi connectivity index (χ2n) is 5.63. The third-order valence-electron chi connectivity index (χ3n) is 3.24. The first-order valence-corrected chi connectivity index (χ1v) is 9.09.